The average Bonchev–Trinajstić information content (AvgIpc) is 2.69. The molecular formula is C20H25FN2O4S2. The van der Waals surface area contributed by atoms with Crippen molar-refractivity contribution in [3.05, 3.63) is 59.9 Å². The van der Waals surface area contributed by atoms with Crippen molar-refractivity contribution in [2.45, 2.75) is 12.2 Å². The Morgan fingerprint density at radius 3 is 2.55 bits per heavy atom. The fourth-order valence-corrected chi connectivity index (χ4v) is 4.41. The highest BCUT2D eigenvalue weighted by Crippen LogP contribution is 2.29. The van der Waals surface area contributed by atoms with E-state index in [1.165, 1.54) is 13.2 Å². The van der Waals surface area contributed by atoms with E-state index >= 15 is 0 Å². The van der Waals surface area contributed by atoms with E-state index in [2.05, 4.69) is 5.32 Å². The van der Waals surface area contributed by atoms with Gasteiger partial charge < -0.3 is 10.1 Å². The van der Waals surface area contributed by atoms with Gasteiger partial charge in [0.15, 0.2) is 0 Å². The Hall–Kier alpha value is -2.26. The van der Waals surface area contributed by atoms with Crippen molar-refractivity contribution in [2.24, 2.45) is 0 Å². The minimum absolute atomic E-state index is 0.217. The summed E-state index contributed by atoms with van der Waals surface area (Å²) in [4.78, 5) is 12.3. The lowest BCUT2D eigenvalue weighted by Gasteiger charge is -2.23. The topological polar surface area (TPSA) is 75.7 Å². The van der Waals surface area contributed by atoms with Crippen molar-refractivity contribution in [2.75, 3.05) is 36.5 Å². The molecule has 9 heteroatoms. The number of thioether (sulfide) groups is 1. The van der Waals surface area contributed by atoms with Crippen LogP contribution in [-0.2, 0) is 20.6 Å². The van der Waals surface area contributed by atoms with Gasteiger partial charge in [-0.1, -0.05) is 30.3 Å². The normalized spacial score (nSPS) is 11.1. The number of benzene rings is 2. The van der Waals surface area contributed by atoms with E-state index in [9.17, 15) is 17.6 Å². The molecule has 0 saturated carbocycles. The lowest BCUT2D eigenvalue weighted by atomic mass is 10.2. The molecule has 0 aromatic heterocycles. The van der Waals surface area contributed by atoms with Crippen LogP contribution in [0.3, 0.4) is 0 Å². The van der Waals surface area contributed by atoms with Crippen LogP contribution in [0.25, 0.3) is 0 Å². The van der Waals surface area contributed by atoms with Crippen LogP contribution in [0.1, 0.15) is 12.0 Å². The van der Waals surface area contributed by atoms with Crippen LogP contribution in [0.5, 0.6) is 5.75 Å². The molecule has 2 rings (SSSR count). The number of ether oxygens (including phenoxy) is 1. The fraction of sp³-hybridized carbons (Fsp3) is 0.350. The third-order valence-electron chi connectivity index (χ3n) is 4.04. The smallest absolute Gasteiger partial charge is 0.240 e. The molecule has 0 unspecified atom stereocenters. The number of nitrogens with zero attached hydrogens (tertiary/aromatic N) is 1. The Morgan fingerprint density at radius 2 is 1.86 bits per heavy atom. The number of anilines is 1. The number of sulfonamides is 1. The Balaban J connectivity index is 1.81. The third-order valence-corrected chi connectivity index (χ3v) is 6.26. The number of carbonyl (C=O) groups is 1. The number of methoxy groups -OCH3 is 1. The predicted molar refractivity (Wildman–Crippen MR) is 115 cm³/mol. The quantitative estimate of drug-likeness (QED) is 0.544. The molecule has 0 atom stereocenters. The largest absolute Gasteiger partial charge is 0.495 e. The fourth-order valence-electron chi connectivity index (χ4n) is 2.60. The number of nitrogens with one attached hydrogen (secondary N) is 1. The molecule has 0 fully saturated rings. The highest BCUT2D eigenvalue weighted by atomic mass is 32.2. The standard InChI is InChI=1S/C20H25FN2O4S2/c1-27-19-11-6-5-10-18(19)23(29(2,25)26)14-20(24)22-12-7-13-28-15-16-8-3-4-9-17(16)21/h3-6,8-11H,7,12-15H2,1-2H3,(H,22,24). The maximum Gasteiger partial charge on any atom is 0.240 e. The second-order valence-electron chi connectivity index (χ2n) is 6.29. The third kappa shape index (κ3) is 7.25. The van der Waals surface area contributed by atoms with Gasteiger partial charge in [0.1, 0.15) is 18.1 Å². The van der Waals surface area contributed by atoms with Gasteiger partial charge in [0, 0.05) is 12.3 Å². The molecule has 0 heterocycles. The number of hydrogen-bond acceptors (Lipinski definition) is 5. The molecule has 2 aromatic rings. The summed E-state index contributed by atoms with van der Waals surface area (Å²) in [6, 6.07) is 13.3. The van der Waals surface area contributed by atoms with Crippen LogP contribution in [0, 0.1) is 5.82 Å². The second kappa shape index (κ2) is 11.1. The zero-order chi connectivity index (χ0) is 21.3. The van der Waals surface area contributed by atoms with E-state index in [1.807, 2.05) is 0 Å². The van der Waals surface area contributed by atoms with Crippen LogP contribution in [0.15, 0.2) is 48.5 Å². The van der Waals surface area contributed by atoms with Gasteiger partial charge in [-0.3, -0.25) is 9.10 Å². The summed E-state index contributed by atoms with van der Waals surface area (Å²) in [7, 11) is -2.22. The van der Waals surface area contributed by atoms with Gasteiger partial charge in [-0.25, -0.2) is 12.8 Å². The van der Waals surface area contributed by atoms with Crippen LogP contribution < -0.4 is 14.4 Å². The molecule has 1 N–H and O–H groups in total. The van der Waals surface area contributed by atoms with E-state index in [0.717, 1.165) is 16.3 Å². The van der Waals surface area contributed by atoms with Gasteiger partial charge in [0.25, 0.3) is 0 Å². The Labute approximate surface area is 175 Å². The summed E-state index contributed by atoms with van der Waals surface area (Å²) in [5, 5.41) is 2.73. The van der Waals surface area contributed by atoms with E-state index in [-0.39, 0.29) is 12.4 Å². The van der Waals surface area contributed by atoms with Crippen molar-refractivity contribution < 1.29 is 22.3 Å². The Bertz CT molecular complexity index is 922. The first-order chi connectivity index (χ1) is 13.8. The minimum Gasteiger partial charge on any atom is -0.495 e. The number of halogens is 1. The van der Waals surface area contributed by atoms with Crippen molar-refractivity contribution >= 4 is 33.4 Å². The Morgan fingerprint density at radius 1 is 1.17 bits per heavy atom. The molecule has 29 heavy (non-hydrogen) atoms. The maximum absolute atomic E-state index is 13.5. The summed E-state index contributed by atoms with van der Waals surface area (Å²) in [6.45, 7) is 0.0776. The number of hydrogen-bond donors (Lipinski definition) is 1. The lowest BCUT2D eigenvalue weighted by molar-refractivity contribution is -0.119. The lowest BCUT2D eigenvalue weighted by Crippen LogP contribution is -2.40. The summed E-state index contributed by atoms with van der Waals surface area (Å²) in [5.41, 5.74) is 0.968. The molecule has 6 nitrogen and oxygen atoms in total. The molecular weight excluding hydrogens is 415 g/mol. The van der Waals surface area contributed by atoms with Gasteiger partial charge in [0.2, 0.25) is 15.9 Å². The van der Waals surface area contributed by atoms with Gasteiger partial charge in [-0.15, -0.1) is 0 Å². The van der Waals surface area contributed by atoms with E-state index in [4.69, 9.17) is 4.74 Å². The summed E-state index contributed by atoms with van der Waals surface area (Å²) in [5.74, 6) is 1.06. The number of carbonyl (C=O) groups excluding carboxylic acids is 1. The summed E-state index contributed by atoms with van der Waals surface area (Å²) in [6.07, 6.45) is 1.74. The minimum atomic E-state index is -3.67. The molecule has 1 amide bonds. The Kier molecular flexibility index (Phi) is 8.78. The second-order valence-corrected chi connectivity index (χ2v) is 9.30. The predicted octanol–water partition coefficient (Wildman–Crippen LogP) is 3.04. The molecule has 0 aliphatic heterocycles. The van der Waals surface area contributed by atoms with Gasteiger partial charge >= 0.3 is 0 Å². The van der Waals surface area contributed by atoms with Crippen molar-refractivity contribution in [1.82, 2.24) is 5.32 Å². The highest BCUT2D eigenvalue weighted by molar-refractivity contribution is 7.98. The molecule has 0 radical (unpaired) electrons. The molecule has 0 aliphatic rings. The van der Waals surface area contributed by atoms with E-state index < -0.39 is 15.9 Å². The van der Waals surface area contributed by atoms with Crippen molar-refractivity contribution in [1.29, 1.82) is 0 Å². The number of rotatable bonds is 11. The summed E-state index contributed by atoms with van der Waals surface area (Å²) >= 11 is 1.58. The molecule has 0 aliphatic carbocycles. The maximum atomic E-state index is 13.5. The van der Waals surface area contributed by atoms with Crippen LogP contribution in [-0.4, -0.2) is 46.5 Å². The molecule has 0 bridgehead atoms. The first kappa shape index (κ1) is 23.0. The zero-order valence-corrected chi connectivity index (χ0v) is 18.1. The van der Waals surface area contributed by atoms with Crippen LogP contribution in [0.4, 0.5) is 10.1 Å². The monoisotopic (exact) mass is 440 g/mol. The van der Waals surface area contributed by atoms with Gasteiger partial charge in [0.05, 0.1) is 19.1 Å². The average molecular weight is 441 g/mol. The zero-order valence-electron chi connectivity index (χ0n) is 16.4. The van der Waals surface area contributed by atoms with Crippen molar-refractivity contribution in [3.8, 4) is 5.75 Å². The molecule has 0 saturated heterocycles. The first-order valence-electron chi connectivity index (χ1n) is 9.01. The van der Waals surface area contributed by atoms with Gasteiger partial charge in [-0.05, 0) is 35.9 Å². The summed E-state index contributed by atoms with van der Waals surface area (Å²) < 4.78 is 44.1. The van der Waals surface area contributed by atoms with Crippen molar-refractivity contribution in [3.63, 3.8) is 0 Å². The number of amides is 1. The van der Waals surface area contributed by atoms with E-state index in [0.29, 0.717) is 35.7 Å². The molecule has 0 spiro atoms. The van der Waals surface area contributed by atoms with Crippen LogP contribution >= 0.6 is 11.8 Å². The molecule has 2 aromatic carbocycles. The first-order valence-corrected chi connectivity index (χ1v) is 12.0. The molecule has 158 valence electrons. The van der Waals surface area contributed by atoms with E-state index in [1.54, 1.807) is 54.2 Å². The number of para-hydroxylation sites is 2. The van der Waals surface area contributed by atoms with Gasteiger partial charge in [-0.2, -0.15) is 11.8 Å². The van der Waals surface area contributed by atoms with Crippen LogP contribution in [0.2, 0.25) is 0 Å². The highest BCUT2D eigenvalue weighted by Gasteiger charge is 2.23. The SMILES string of the molecule is COc1ccccc1N(CC(=O)NCCCSCc1ccccc1F)S(C)(=O)=O.